The lowest BCUT2D eigenvalue weighted by Crippen LogP contribution is -2.55. The Morgan fingerprint density at radius 1 is 1.11 bits per heavy atom. The zero-order chi connectivity index (χ0) is 19.0. The van der Waals surface area contributed by atoms with Crippen molar-refractivity contribution in [2.24, 2.45) is 7.05 Å². The van der Waals surface area contributed by atoms with E-state index in [1.54, 1.807) is 0 Å². The lowest BCUT2D eigenvalue weighted by atomic mass is 10.0. The van der Waals surface area contributed by atoms with Crippen molar-refractivity contribution < 1.29 is 19.1 Å². The Morgan fingerprint density at radius 2 is 1.78 bits per heavy atom. The second-order valence-electron chi connectivity index (χ2n) is 7.22. The Morgan fingerprint density at radius 3 is 2.48 bits per heavy atom. The smallest absolute Gasteiger partial charge is 0.255 e. The van der Waals surface area contributed by atoms with Crippen molar-refractivity contribution in [1.82, 2.24) is 14.4 Å². The molecule has 0 saturated carbocycles. The number of benzene rings is 1. The molecule has 7 heteroatoms. The molecule has 2 aromatic rings. The molecule has 3 amide bonds. The fourth-order valence-electron chi connectivity index (χ4n) is 4.13. The van der Waals surface area contributed by atoms with Crippen molar-refractivity contribution in [3.8, 4) is 0 Å². The molecule has 0 spiro atoms. The second kappa shape index (κ2) is 7.15. The number of morpholine rings is 1. The van der Waals surface area contributed by atoms with Crippen molar-refractivity contribution >= 4 is 28.6 Å². The number of piperidine rings is 1. The van der Waals surface area contributed by atoms with Crippen LogP contribution in [0.2, 0.25) is 0 Å². The molecule has 2 fully saturated rings. The van der Waals surface area contributed by atoms with Gasteiger partial charge in [0.1, 0.15) is 13.2 Å². The molecule has 0 radical (unpaired) electrons. The van der Waals surface area contributed by atoms with Crippen LogP contribution in [0.15, 0.2) is 30.5 Å². The van der Waals surface area contributed by atoms with Gasteiger partial charge in [0.15, 0.2) is 0 Å². The lowest BCUT2D eigenvalue weighted by molar-refractivity contribution is -0.162. The number of amides is 3. The van der Waals surface area contributed by atoms with E-state index in [1.807, 2.05) is 47.0 Å². The number of ether oxygens (including phenoxy) is 1. The standard InChI is InChI=1S/C20H23N3O4/c1-21-11-14(16-4-2-3-5-17(16)21)10-18(24)22-8-6-15(7-9-22)23-19(25)12-27-13-20(23)26/h2-5,11,15H,6-10,12-13H2,1H3. The maximum Gasteiger partial charge on any atom is 0.255 e. The Labute approximate surface area is 157 Å². The number of rotatable bonds is 3. The zero-order valence-electron chi connectivity index (χ0n) is 15.4. The van der Waals surface area contributed by atoms with Crippen LogP contribution in [0.4, 0.5) is 0 Å². The molecule has 27 heavy (non-hydrogen) atoms. The van der Waals surface area contributed by atoms with Crippen molar-refractivity contribution in [2.45, 2.75) is 25.3 Å². The summed E-state index contributed by atoms with van der Waals surface area (Å²) in [4.78, 5) is 39.9. The molecule has 0 unspecified atom stereocenters. The van der Waals surface area contributed by atoms with E-state index in [9.17, 15) is 14.4 Å². The molecule has 2 saturated heterocycles. The Bertz CT molecular complexity index is 880. The van der Waals surface area contributed by atoms with Gasteiger partial charge in [-0.3, -0.25) is 19.3 Å². The Kier molecular flexibility index (Phi) is 4.70. The minimum atomic E-state index is -0.271. The Balaban J connectivity index is 1.40. The van der Waals surface area contributed by atoms with E-state index in [4.69, 9.17) is 4.74 Å². The second-order valence-corrected chi connectivity index (χ2v) is 7.22. The van der Waals surface area contributed by atoms with Crippen molar-refractivity contribution in [1.29, 1.82) is 0 Å². The average molecular weight is 369 g/mol. The molecule has 142 valence electrons. The summed E-state index contributed by atoms with van der Waals surface area (Å²) in [5.41, 5.74) is 2.14. The van der Waals surface area contributed by atoms with Crippen molar-refractivity contribution in [3.05, 3.63) is 36.0 Å². The van der Waals surface area contributed by atoms with Gasteiger partial charge < -0.3 is 14.2 Å². The molecular formula is C20H23N3O4. The highest BCUT2D eigenvalue weighted by Crippen LogP contribution is 2.23. The highest BCUT2D eigenvalue weighted by atomic mass is 16.5. The van der Waals surface area contributed by atoms with Gasteiger partial charge in [-0.05, 0) is 24.5 Å². The summed E-state index contributed by atoms with van der Waals surface area (Å²) in [6.45, 7) is 1.05. The van der Waals surface area contributed by atoms with Gasteiger partial charge in [0.2, 0.25) is 5.91 Å². The summed E-state index contributed by atoms with van der Waals surface area (Å²) in [6, 6.07) is 7.94. The van der Waals surface area contributed by atoms with Crippen molar-refractivity contribution in [3.63, 3.8) is 0 Å². The maximum absolute atomic E-state index is 12.8. The number of fused-ring (bicyclic) bond motifs is 1. The number of carbonyl (C=O) groups is 3. The van der Waals surface area contributed by atoms with E-state index in [1.165, 1.54) is 4.90 Å². The molecule has 7 nitrogen and oxygen atoms in total. The summed E-state index contributed by atoms with van der Waals surface area (Å²) in [5.74, 6) is -0.456. The van der Waals surface area contributed by atoms with E-state index < -0.39 is 0 Å². The first-order valence-electron chi connectivity index (χ1n) is 9.28. The average Bonchev–Trinajstić information content (AvgIpc) is 2.98. The predicted molar refractivity (Wildman–Crippen MR) is 98.9 cm³/mol. The third-order valence-electron chi connectivity index (χ3n) is 5.49. The van der Waals surface area contributed by atoms with Gasteiger partial charge in [-0.1, -0.05) is 18.2 Å². The number of likely N-dealkylation sites (tertiary alicyclic amines) is 1. The minimum absolute atomic E-state index is 0.0357. The first-order chi connectivity index (χ1) is 13.0. The van der Waals surface area contributed by atoms with E-state index in [-0.39, 0.29) is 37.0 Å². The van der Waals surface area contributed by atoms with Gasteiger partial charge in [-0.15, -0.1) is 0 Å². The molecular weight excluding hydrogens is 346 g/mol. The van der Waals surface area contributed by atoms with Crippen LogP contribution in [-0.4, -0.2) is 64.4 Å². The predicted octanol–water partition coefficient (Wildman–Crippen LogP) is 1.10. The molecule has 2 aliphatic rings. The van der Waals surface area contributed by atoms with E-state index in [0.717, 1.165) is 16.5 Å². The third-order valence-corrected chi connectivity index (χ3v) is 5.49. The molecule has 0 aliphatic carbocycles. The monoisotopic (exact) mass is 369 g/mol. The number of carbonyl (C=O) groups excluding carboxylic acids is 3. The van der Waals surface area contributed by atoms with Crippen LogP contribution in [0.5, 0.6) is 0 Å². The number of hydrogen-bond donors (Lipinski definition) is 0. The Hall–Kier alpha value is -2.67. The fraction of sp³-hybridized carbons (Fsp3) is 0.450. The normalized spacial score (nSPS) is 19.1. The molecule has 1 aromatic heterocycles. The SMILES string of the molecule is Cn1cc(CC(=O)N2CCC(N3C(=O)COCC3=O)CC2)c2ccccc21. The maximum atomic E-state index is 12.8. The van der Waals surface area contributed by atoms with Crippen LogP contribution < -0.4 is 0 Å². The van der Waals surface area contributed by atoms with Crippen LogP contribution in [0.3, 0.4) is 0 Å². The topological polar surface area (TPSA) is 71.8 Å². The molecule has 0 atom stereocenters. The largest absolute Gasteiger partial charge is 0.362 e. The quantitative estimate of drug-likeness (QED) is 0.760. The van der Waals surface area contributed by atoms with Gasteiger partial charge in [-0.2, -0.15) is 0 Å². The molecule has 4 rings (SSSR count). The van der Waals surface area contributed by atoms with Gasteiger partial charge in [0.25, 0.3) is 11.8 Å². The van der Waals surface area contributed by atoms with Crippen LogP contribution in [-0.2, 0) is 32.6 Å². The lowest BCUT2D eigenvalue weighted by Gasteiger charge is -2.38. The number of imide groups is 1. The first-order valence-corrected chi connectivity index (χ1v) is 9.28. The third kappa shape index (κ3) is 3.35. The van der Waals surface area contributed by atoms with Gasteiger partial charge in [0, 0.05) is 43.3 Å². The molecule has 0 N–H and O–H groups in total. The number of aromatic nitrogens is 1. The summed E-state index contributed by atoms with van der Waals surface area (Å²) in [6.07, 6.45) is 3.62. The van der Waals surface area contributed by atoms with Crippen LogP contribution in [0.1, 0.15) is 18.4 Å². The first kappa shape index (κ1) is 17.7. The number of nitrogens with zero attached hydrogens (tertiary/aromatic N) is 3. The van der Waals surface area contributed by atoms with E-state index >= 15 is 0 Å². The number of aryl methyl sites for hydroxylation is 1. The van der Waals surface area contributed by atoms with E-state index in [0.29, 0.717) is 32.4 Å². The summed E-state index contributed by atoms with van der Waals surface area (Å²) in [5, 5.41) is 1.10. The van der Waals surface area contributed by atoms with E-state index in [2.05, 4.69) is 0 Å². The summed E-state index contributed by atoms with van der Waals surface area (Å²) in [7, 11) is 1.98. The molecule has 0 bridgehead atoms. The number of para-hydroxylation sites is 1. The molecule has 1 aromatic carbocycles. The van der Waals surface area contributed by atoms with Gasteiger partial charge in [-0.25, -0.2) is 0 Å². The number of hydrogen-bond acceptors (Lipinski definition) is 4. The zero-order valence-corrected chi connectivity index (χ0v) is 15.4. The van der Waals surface area contributed by atoms with Gasteiger partial charge in [0.05, 0.1) is 6.42 Å². The minimum Gasteiger partial charge on any atom is -0.362 e. The van der Waals surface area contributed by atoms with Crippen molar-refractivity contribution in [2.75, 3.05) is 26.3 Å². The highest BCUT2D eigenvalue weighted by Gasteiger charge is 2.35. The van der Waals surface area contributed by atoms with Crippen LogP contribution >= 0.6 is 0 Å². The summed E-state index contributed by atoms with van der Waals surface area (Å²) < 4.78 is 7.01. The van der Waals surface area contributed by atoms with Gasteiger partial charge >= 0.3 is 0 Å². The van der Waals surface area contributed by atoms with Crippen LogP contribution in [0.25, 0.3) is 10.9 Å². The molecule has 3 heterocycles. The summed E-state index contributed by atoms with van der Waals surface area (Å²) >= 11 is 0. The van der Waals surface area contributed by atoms with Crippen LogP contribution in [0, 0.1) is 0 Å². The fourth-order valence-corrected chi connectivity index (χ4v) is 4.13. The molecule has 2 aliphatic heterocycles. The highest BCUT2D eigenvalue weighted by molar-refractivity contribution is 5.98.